The van der Waals surface area contributed by atoms with Gasteiger partial charge in [-0.2, -0.15) is 0 Å². The van der Waals surface area contributed by atoms with Gasteiger partial charge in [-0.1, -0.05) is 262 Å². The van der Waals surface area contributed by atoms with Crippen molar-refractivity contribution in [2.75, 3.05) is 40.9 Å². The summed E-state index contributed by atoms with van der Waals surface area (Å²) in [5.41, 5.74) is 0. The number of hydrogen-bond donors (Lipinski definition) is 2. The molecule has 2 N–H and O–H groups in total. The average molecular weight is 1100 g/mol. The monoisotopic (exact) mass is 1100 g/mol. The lowest BCUT2D eigenvalue weighted by atomic mass is 10.0. The second-order valence-electron chi connectivity index (χ2n) is 23.6. The third-order valence-electron chi connectivity index (χ3n) is 14.7. The van der Waals surface area contributed by atoms with E-state index in [4.69, 9.17) is 13.8 Å². The molecule has 0 saturated carbocycles. The van der Waals surface area contributed by atoms with E-state index in [9.17, 15) is 19.0 Å². The molecule has 0 aliphatic rings. The van der Waals surface area contributed by atoms with Crippen molar-refractivity contribution >= 4 is 19.7 Å². The molecule has 0 heterocycles. The van der Waals surface area contributed by atoms with Crippen molar-refractivity contribution in [2.24, 2.45) is 0 Å². The van der Waals surface area contributed by atoms with Gasteiger partial charge in [-0.25, -0.2) is 4.57 Å². The molecule has 1 amide bonds. The number of nitrogens with one attached hydrogen (secondary N) is 1. The molecule has 9 nitrogen and oxygen atoms in total. The van der Waals surface area contributed by atoms with Gasteiger partial charge in [-0.3, -0.25) is 18.6 Å². The number of quaternary nitrogens is 1. The summed E-state index contributed by atoms with van der Waals surface area (Å²) in [5.74, 6) is -0.501. The number of carbonyl (C=O) groups excluding carboxylic acids is 2. The van der Waals surface area contributed by atoms with Gasteiger partial charge >= 0.3 is 13.8 Å². The molecule has 0 radical (unpaired) electrons. The topological polar surface area (TPSA) is 111 Å². The van der Waals surface area contributed by atoms with E-state index in [1.165, 1.54) is 218 Å². The van der Waals surface area contributed by atoms with Crippen LogP contribution in [0.5, 0.6) is 0 Å². The lowest BCUT2D eigenvalue weighted by Gasteiger charge is -2.27. The highest BCUT2D eigenvalue weighted by atomic mass is 31.2. The third kappa shape index (κ3) is 58.4. The Morgan fingerprint density at radius 2 is 0.792 bits per heavy atom. The lowest BCUT2D eigenvalue weighted by molar-refractivity contribution is -0.870. The lowest BCUT2D eigenvalue weighted by Crippen LogP contribution is -2.47. The smallest absolute Gasteiger partial charge is 0.456 e. The van der Waals surface area contributed by atoms with E-state index in [0.29, 0.717) is 17.4 Å². The number of esters is 1. The molecule has 0 aromatic rings. The van der Waals surface area contributed by atoms with Crippen LogP contribution < -0.4 is 5.32 Å². The SMILES string of the molecule is CCCCC/C=C\C/C=C\CCCCCCCCCCCC(=O)NC(COP(=O)(O)OCC[N+](C)(C)C)C(/C=C/CCCCCCCCCCCCC)OC(=O)CCCCCCCCCCC/C=C/CCCCCCCC. The van der Waals surface area contributed by atoms with Crippen LogP contribution in [0.25, 0.3) is 0 Å². The summed E-state index contributed by atoms with van der Waals surface area (Å²) in [7, 11) is 1.50. The van der Waals surface area contributed by atoms with E-state index >= 15 is 0 Å². The number of phosphoric acid groups is 1. The number of likely N-dealkylation sites (N-methyl/N-ethyl adjacent to an activating group) is 1. The number of unbranched alkanes of at least 4 members (excludes halogenated alkanes) is 38. The molecule has 0 fully saturated rings. The van der Waals surface area contributed by atoms with E-state index in [2.05, 4.69) is 62.5 Å². The molecule has 10 heteroatoms. The zero-order valence-corrected chi connectivity index (χ0v) is 52.6. The van der Waals surface area contributed by atoms with Gasteiger partial charge in [0.15, 0.2) is 0 Å². The standard InChI is InChI=1S/C67H127N2O7P/c1-7-10-13-16-19-22-25-28-30-32-34-36-38-41-44-47-50-53-56-59-66(70)68-64(63-75-77(72,73)74-62-61-69(4,5)6)65(58-55-52-49-46-43-40-27-24-21-18-15-12-9-3)76-67(71)60-57-54-51-48-45-42-39-37-35-33-31-29-26-23-20-17-14-11-8-2/h19,22,28-31,55,58,64-65H,7-18,20-21,23-27,32-54,56-57,59-63H2,1-6H3,(H-,68,70,72,73)/p+1/b22-19-,30-28-,31-29+,58-55+. The second-order valence-corrected chi connectivity index (χ2v) is 25.1. The summed E-state index contributed by atoms with van der Waals surface area (Å²) in [6.07, 6.45) is 71.0. The molecular weight excluding hydrogens is 976 g/mol. The minimum absolute atomic E-state index is 0.0397. The first kappa shape index (κ1) is 75.0. The number of nitrogens with zero attached hydrogens (tertiary/aromatic N) is 1. The van der Waals surface area contributed by atoms with Crippen LogP contribution in [0.2, 0.25) is 0 Å². The average Bonchev–Trinajstić information content (AvgIpc) is 3.39. The minimum atomic E-state index is -4.45. The summed E-state index contributed by atoms with van der Waals surface area (Å²) in [5, 5.41) is 3.07. The maximum Gasteiger partial charge on any atom is 0.472 e. The van der Waals surface area contributed by atoms with Crippen molar-refractivity contribution in [3.8, 4) is 0 Å². The Kier molecular flexibility index (Phi) is 55.7. The molecule has 0 rings (SSSR count). The Morgan fingerprint density at radius 3 is 1.21 bits per heavy atom. The van der Waals surface area contributed by atoms with Gasteiger partial charge in [-0.15, -0.1) is 0 Å². The van der Waals surface area contributed by atoms with Crippen LogP contribution in [0.3, 0.4) is 0 Å². The van der Waals surface area contributed by atoms with E-state index in [0.717, 1.165) is 64.2 Å². The van der Waals surface area contributed by atoms with Crippen LogP contribution in [-0.4, -0.2) is 74.3 Å². The van der Waals surface area contributed by atoms with Crippen molar-refractivity contribution in [1.82, 2.24) is 5.32 Å². The molecule has 452 valence electrons. The summed E-state index contributed by atoms with van der Waals surface area (Å²) in [6.45, 7) is 7.02. The van der Waals surface area contributed by atoms with Crippen LogP contribution in [0.1, 0.15) is 316 Å². The number of ether oxygens (including phenoxy) is 1. The molecule has 0 aliphatic heterocycles. The Morgan fingerprint density at radius 1 is 0.455 bits per heavy atom. The van der Waals surface area contributed by atoms with Gasteiger partial charge in [0.05, 0.1) is 33.8 Å². The number of amides is 1. The number of carbonyl (C=O) groups is 2. The zero-order chi connectivity index (χ0) is 56.4. The van der Waals surface area contributed by atoms with Crippen molar-refractivity contribution in [3.63, 3.8) is 0 Å². The molecule has 3 unspecified atom stereocenters. The highest BCUT2D eigenvalue weighted by molar-refractivity contribution is 7.47. The minimum Gasteiger partial charge on any atom is -0.456 e. The second kappa shape index (κ2) is 57.2. The molecule has 3 atom stereocenters. The highest BCUT2D eigenvalue weighted by Gasteiger charge is 2.30. The fraction of sp³-hybridized carbons (Fsp3) is 0.851. The van der Waals surface area contributed by atoms with Crippen molar-refractivity contribution in [3.05, 3.63) is 48.6 Å². The molecule has 0 aliphatic carbocycles. The normalized spacial score (nSPS) is 13.9. The Bertz CT molecular complexity index is 1460. The molecule has 0 bridgehead atoms. The highest BCUT2D eigenvalue weighted by Crippen LogP contribution is 2.43. The van der Waals surface area contributed by atoms with Gasteiger partial charge in [0.1, 0.15) is 19.3 Å². The predicted molar refractivity (Wildman–Crippen MR) is 332 cm³/mol. The summed E-state index contributed by atoms with van der Waals surface area (Å²) in [6, 6.07) is -0.851. The summed E-state index contributed by atoms with van der Waals surface area (Å²) < 4.78 is 30.8. The van der Waals surface area contributed by atoms with Crippen LogP contribution in [-0.2, 0) is 27.9 Å². The van der Waals surface area contributed by atoms with E-state index < -0.39 is 20.0 Å². The van der Waals surface area contributed by atoms with Crippen molar-refractivity contribution < 1.29 is 37.3 Å². The third-order valence-corrected chi connectivity index (χ3v) is 15.7. The Hall–Kier alpha value is -2.03. The molecule has 77 heavy (non-hydrogen) atoms. The zero-order valence-electron chi connectivity index (χ0n) is 51.7. The summed E-state index contributed by atoms with van der Waals surface area (Å²) in [4.78, 5) is 37.8. The van der Waals surface area contributed by atoms with Crippen LogP contribution >= 0.6 is 7.82 Å². The van der Waals surface area contributed by atoms with Crippen molar-refractivity contribution in [2.45, 2.75) is 328 Å². The molecule has 0 aromatic carbocycles. The van der Waals surface area contributed by atoms with Crippen LogP contribution in [0, 0.1) is 0 Å². The van der Waals surface area contributed by atoms with Gasteiger partial charge in [0.25, 0.3) is 0 Å². The van der Waals surface area contributed by atoms with Gasteiger partial charge in [0, 0.05) is 12.8 Å². The summed E-state index contributed by atoms with van der Waals surface area (Å²) >= 11 is 0. The number of hydrogen-bond acceptors (Lipinski definition) is 6. The van der Waals surface area contributed by atoms with E-state index in [1.807, 2.05) is 33.3 Å². The van der Waals surface area contributed by atoms with Crippen molar-refractivity contribution in [1.29, 1.82) is 0 Å². The fourth-order valence-corrected chi connectivity index (χ4v) is 10.3. The maximum atomic E-state index is 13.6. The van der Waals surface area contributed by atoms with Crippen LogP contribution in [0.15, 0.2) is 48.6 Å². The first-order chi connectivity index (χ1) is 37.4. The Balaban J connectivity index is 5.22. The molecule has 0 saturated heterocycles. The molecule has 0 spiro atoms. The Labute approximate surface area is 478 Å². The van der Waals surface area contributed by atoms with Gasteiger partial charge < -0.3 is 19.4 Å². The van der Waals surface area contributed by atoms with E-state index in [-0.39, 0.29) is 31.5 Å². The predicted octanol–water partition coefficient (Wildman–Crippen LogP) is 20.5. The molecule has 0 aromatic heterocycles. The first-order valence-corrected chi connectivity index (χ1v) is 34.5. The van der Waals surface area contributed by atoms with E-state index in [1.54, 1.807) is 0 Å². The largest absolute Gasteiger partial charge is 0.472 e. The van der Waals surface area contributed by atoms with Crippen LogP contribution in [0.4, 0.5) is 0 Å². The number of rotatable bonds is 60. The number of allylic oxidation sites excluding steroid dienone is 7. The quantitative estimate of drug-likeness (QED) is 0.0205. The fourth-order valence-electron chi connectivity index (χ4n) is 9.61. The first-order valence-electron chi connectivity index (χ1n) is 33.0. The maximum absolute atomic E-state index is 13.6. The number of phosphoric ester groups is 1. The van der Waals surface area contributed by atoms with Gasteiger partial charge in [0.2, 0.25) is 5.91 Å². The van der Waals surface area contributed by atoms with Gasteiger partial charge in [-0.05, 0) is 89.5 Å². The molecular formula is C67H128N2O7P+.